The number of rotatable bonds is 4. The predicted octanol–water partition coefficient (Wildman–Crippen LogP) is 1.22. The first-order valence-corrected chi connectivity index (χ1v) is 3.87. The monoisotopic (exact) mass is 183 g/mol. The van der Waals surface area contributed by atoms with Gasteiger partial charge in [-0.05, 0) is 0 Å². The van der Waals surface area contributed by atoms with Crippen LogP contribution in [0.4, 0.5) is 0 Å². The minimum absolute atomic E-state index is 0.652. The summed E-state index contributed by atoms with van der Waals surface area (Å²) in [6.07, 6.45) is 0. The minimum atomic E-state index is 0.652. The molecule has 0 atom stereocenters. The Hall–Kier alpha value is -1.42. The molecule has 0 aliphatic heterocycles. The normalized spacial score (nSPS) is 9.46. The summed E-state index contributed by atoms with van der Waals surface area (Å²) >= 11 is 0. The maximum absolute atomic E-state index is 5.08. The molecular weight excluding hydrogens is 170 g/mol. The number of nitrogens with one attached hydrogen (secondary N) is 1. The Morgan fingerprint density at radius 3 is 1.77 bits per heavy atom. The first-order chi connectivity index (χ1) is 6.30. The molecule has 0 amide bonds. The van der Waals surface area contributed by atoms with E-state index in [1.807, 2.05) is 0 Å². The summed E-state index contributed by atoms with van der Waals surface area (Å²) in [5.41, 5.74) is 2.58. The van der Waals surface area contributed by atoms with Gasteiger partial charge in [0.15, 0.2) is 5.75 Å². The lowest BCUT2D eigenvalue weighted by atomic mass is 10.3. The van der Waals surface area contributed by atoms with Gasteiger partial charge in [0.1, 0.15) is 11.5 Å². The highest BCUT2D eigenvalue weighted by Crippen LogP contribution is 2.26. The van der Waals surface area contributed by atoms with Gasteiger partial charge >= 0.3 is 0 Å². The zero-order valence-electron chi connectivity index (χ0n) is 7.96. The summed E-state index contributed by atoms with van der Waals surface area (Å²) in [6.45, 7) is 0. The molecule has 1 N–H and O–H groups in total. The second-order valence-corrected chi connectivity index (χ2v) is 2.35. The Balaban J connectivity index is 2.93. The van der Waals surface area contributed by atoms with Crippen molar-refractivity contribution in [2.45, 2.75) is 0 Å². The number of benzene rings is 1. The van der Waals surface area contributed by atoms with E-state index < -0.39 is 0 Å². The molecule has 72 valence electrons. The fourth-order valence-electron chi connectivity index (χ4n) is 0.958. The van der Waals surface area contributed by atoms with Gasteiger partial charge in [-0.25, -0.2) is 0 Å². The number of hydroxylamine groups is 1. The lowest BCUT2D eigenvalue weighted by molar-refractivity contribution is 0.221. The number of hydrogen-bond acceptors (Lipinski definition) is 4. The molecule has 4 nitrogen and oxygen atoms in total. The van der Waals surface area contributed by atoms with Gasteiger partial charge in [-0.3, -0.25) is 0 Å². The molecule has 0 fully saturated rings. The highest BCUT2D eigenvalue weighted by molar-refractivity contribution is 5.41. The van der Waals surface area contributed by atoms with Gasteiger partial charge in [0.25, 0.3) is 0 Å². The summed E-state index contributed by atoms with van der Waals surface area (Å²) < 4.78 is 10.1. The first kappa shape index (κ1) is 9.67. The highest BCUT2D eigenvalue weighted by atomic mass is 16.6. The smallest absolute Gasteiger partial charge is 0.154 e. The van der Waals surface area contributed by atoms with Crippen molar-refractivity contribution in [3.8, 4) is 17.2 Å². The summed E-state index contributed by atoms with van der Waals surface area (Å²) in [5.74, 6) is 2.05. The molecule has 1 aromatic rings. The Kier molecular flexibility index (Phi) is 3.40. The summed E-state index contributed by atoms with van der Waals surface area (Å²) in [4.78, 5) is 5.08. The van der Waals surface area contributed by atoms with Crippen LogP contribution in [0.25, 0.3) is 0 Å². The third kappa shape index (κ3) is 2.52. The molecule has 1 aromatic carbocycles. The van der Waals surface area contributed by atoms with E-state index in [4.69, 9.17) is 14.3 Å². The zero-order chi connectivity index (χ0) is 9.68. The zero-order valence-corrected chi connectivity index (χ0v) is 7.96. The second kappa shape index (κ2) is 4.57. The minimum Gasteiger partial charge on any atom is -0.496 e. The molecule has 4 heteroatoms. The van der Waals surface area contributed by atoms with Crippen LogP contribution in [0.1, 0.15) is 0 Å². The van der Waals surface area contributed by atoms with Crippen molar-refractivity contribution in [1.82, 2.24) is 5.48 Å². The maximum Gasteiger partial charge on any atom is 0.154 e. The molecule has 13 heavy (non-hydrogen) atoms. The van der Waals surface area contributed by atoms with E-state index in [1.165, 1.54) is 0 Å². The van der Waals surface area contributed by atoms with Crippen LogP contribution < -0.4 is 19.8 Å². The summed E-state index contributed by atoms with van der Waals surface area (Å²) in [5, 5.41) is 0. The number of ether oxygens (including phenoxy) is 2. The largest absolute Gasteiger partial charge is 0.496 e. The molecule has 0 radical (unpaired) electrons. The van der Waals surface area contributed by atoms with Crippen molar-refractivity contribution in [3.63, 3.8) is 0 Å². The second-order valence-electron chi connectivity index (χ2n) is 2.35. The molecular formula is C9H13NO3. The van der Waals surface area contributed by atoms with Gasteiger partial charge < -0.3 is 14.3 Å². The van der Waals surface area contributed by atoms with Gasteiger partial charge in [-0.15, -0.1) is 0 Å². The lowest BCUT2D eigenvalue weighted by Gasteiger charge is -2.08. The third-order valence-corrected chi connectivity index (χ3v) is 1.54. The molecule has 1 rings (SSSR count). The van der Waals surface area contributed by atoms with Crippen molar-refractivity contribution in [1.29, 1.82) is 0 Å². The lowest BCUT2D eigenvalue weighted by Crippen LogP contribution is -2.10. The first-order valence-electron chi connectivity index (χ1n) is 3.87. The quantitative estimate of drug-likeness (QED) is 0.712. The molecule has 0 heterocycles. The van der Waals surface area contributed by atoms with Gasteiger partial charge in [0, 0.05) is 25.2 Å². The Bertz CT molecular complexity index is 253. The molecule has 0 bridgehead atoms. The fourth-order valence-corrected chi connectivity index (χ4v) is 0.958. The van der Waals surface area contributed by atoms with Gasteiger partial charge in [0.05, 0.1) is 14.2 Å². The standard InChI is InChI=1S/C9H13NO3/c1-10-13-9-5-7(11-2)4-8(6-9)12-3/h4-6,10H,1-3H3. The van der Waals surface area contributed by atoms with E-state index in [2.05, 4.69) is 5.48 Å². The average molecular weight is 183 g/mol. The van der Waals surface area contributed by atoms with Crippen LogP contribution in [0.2, 0.25) is 0 Å². The molecule has 0 saturated heterocycles. The van der Waals surface area contributed by atoms with Crippen LogP contribution >= 0.6 is 0 Å². The molecule has 0 unspecified atom stereocenters. The van der Waals surface area contributed by atoms with Crippen LogP contribution in [0.3, 0.4) is 0 Å². The molecule has 0 saturated carbocycles. The van der Waals surface area contributed by atoms with Gasteiger partial charge in [0.2, 0.25) is 0 Å². The van der Waals surface area contributed by atoms with Gasteiger partial charge in [-0.2, -0.15) is 5.48 Å². The molecule has 0 spiro atoms. The van der Waals surface area contributed by atoms with E-state index in [0.29, 0.717) is 17.2 Å². The van der Waals surface area contributed by atoms with Crippen LogP contribution in [0.5, 0.6) is 17.2 Å². The fraction of sp³-hybridized carbons (Fsp3) is 0.333. The molecule has 0 aliphatic rings. The predicted molar refractivity (Wildman–Crippen MR) is 49.2 cm³/mol. The number of methoxy groups -OCH3 is 2. The van der Waals surface area contributed by atoms with E-state index in [1.54, 1.807) is 39.5 Å². The van der Waals surface area contributed by atoms with E-state index in [0.717, 1.165) is 0 Å². The van der Waals surface area contributed by atoms with Crippen LogP contribution in [0.15, 0.2) is 18.2 Å². The van der Waals surface area contributed by atoms with Crippen molar-refractivity contribution >= 4 is 0 Å². The summed E-state index contributed by atoms with van der Waals surface area (Å²) in [7, 11) is 4.88. The van der Waals surface area contributed by atoms with Crippen LogP contribution in [-0.4, -0.2) is 21.3 Å². The highest BCUT2D eigenvalue weighted by Gasteiger charge is 2.01. The maximum atomic E-state index is 5.08. The van der Waals surface area contributed by atoms with Crippen molar-refractivity contribution in [3.05, 3.63) is 18.2 Å². The SMILES string of the molecule is CNOc1cc(OC)cc(OC)c1. The van der Waals surface area contributed by atoms with Crippen molar-refractivity contribution in [2.75, 3.05) is 21.3 Å². The van der Waals surface area contributed by atoms with Crippen molar-refractivity contribution in [2.24, 2.45) is 0 Å². The Morgan fingerprint density at radius 1 is 0.923 bits per heavy atom. The van der Waals surface area contributed by atoms with Crippen LogP contribution in [-0.2, 0) is 0 Å². The van der Waals surface area contributed by atoms with E-state index in [9.17, 15) is 0 Å². The topological polar surface area (TPSA) is 39.7 Å². The van der Waals surface area contributed by atoms with E-state index >= 15 is 0 Å². The molecule has 0 aliphatic carbocycles. The van der Waals surface area contributed by atoms with Crippen LogP contribution in [0, 0.1) is 0 Å². The van der Waals surface area contributed by atoms with Crippen molar-refractivity contribution < 1.29 is 14.3 Å². The Morgan fingerprint density at radius 2 is 1.38 bits per heavy atom. The van der Waals surface area contributed by atoms with Gasteiger partial charge in [-0.1, -0.05) is 0 Å². The average Bonchev–Trinajstić information content (AvgIpc) is 2.17. The molecule has 0 aromatic heterocycles. The Labute approximate surface area is 77.4 Å². The summed E-state index contributed by atoms with van der Waals surface area (Å²) in [6, 6.07) is 5.31. The number of hydrogen-bond donors (Lipinski definition) is 1. The van der Waals surface area contributed by atoms with E-state index in [-0.39, 0.29) is 0 Å². The third-order valence-electron chi connectivity index (χ3n) is 1.54.